The first-order valence-electron chi connectivity index (χ1n) is 5.87. The van der Waals surface area contributed by atoms with E-state index in [0.29, 0.717) is 0 Å². The molecule has 1 nitrogen and oxygen atoms in total. The van der Waals surface area contributed by atoms with Crippen LogP contribution in [0.25, 0.3) is 11.1 Å². The third kappa shape index (κ3) is 2.79. The van der Waals surface area contributed by atoms with Gasteiger partial charge >= 0.3 is 0 Å². The molecule has 0 saturated heterocycles. The van der Waals surface area contributed by atoms with Crippen LogP contribution in [0.1, 0.15) is 18.4 Å². The fraction of sp³-hybridized carbons (Fsp3) is 0.286. The van der Waals surface area contributed by atoms with E-state index in [1.165, 1.54) is 29.5 Å². The molecule has 0 unspecified atom stereocenters. The van der Waals surface area contributed by atoms with Gasteiger partial charge in [0.15, 0.2) is 0 Å². The molecule has 3 rings (SSSR count). The molecule has 1 N–H and O–H groups in total. The van der Waals surface area contributed by atoms with E-state index in [1.54, 1.807) is 11.3 Å². The van der Waals surface area contributed by atoms with Crippen molar-refractivity contribution in [2.75, 3.05) is 0 Å². The topological polar surface area (TPSA) is 12.0 Å². The van der Waals surface area contributed by atoms with Crippen molar-refractivity contribution in [1.82, 2.24) is 5.32 Å². The number of nitrogens with one attached hydrogen (secondary N) is 1. The monoisotopic (exact) mass is 307 g/mol. The van der Waals surface area contributed by atoms with E-state index in [9.17, 15) is 0 Å². The third-order valence-electron chi connectivity index (χ3n) is 3.06. The van der Waals surface area contributed by atoms with Crippen LogP contribution in [0, 0.1) is 0 Å². The predicted molar refractivity (Wildman–Crippen MR) is 77.3 cm³/mol. The predicted octanol–water partition coefficient (Wildman–Crippen LogP) is 4.43. The summed E-state index contributed by atoms with van der Waals surface area (Å²) in [6.07, 6.45) is 2.69. The lowest BCUT2D eigenvalue weighted by Crippen LogP contribution is -2.15. The Hall–Kier alpha value is -0.640. The van der Waals surface area contributed by atoms with Crippen LogP contribution < -0.4 is 5.32 Å². The van der Waals surface area contributed by atoms with Crippen molar-refractivity contribution in [2.24, 2.45) is 0 Å². The maximum atomic E-state index is 3.58. The zero-order valence-electron chi connectivity index (χ0n) is 9.45. The summed E-state index contributed by atoms with van der Waals surface area (Å²) in [5.41, 5.74) is 4.10. The minimum absolute atomic E-state index is 0.771. The van der Waals surface area contributed by atoms with Gasteiger partial charge in [0.05, 0.1) is 0 Å². The van der Waals surface area contributed by atoms with Gasteiger partial charge in [-0.3, -0.25) is 0 Å². The maximum absolute atomic E-state index is 3.58. The first kappa shape index (κ1) is 11.5. The lowest BCUT2D eigenvalue weighted by molar-refractivity contribution is 0.690. The van der Waals surface area contributed by atoms with Crippen molar-refractivity contribution >= 4 is 27.3 Å². The number of halogens is 1. The average molecular weight is 308 g/mol. The Morgan fingerprint density at radius 1 is 1.18 bits per heavy atom. The summed E-state index contributed by atoms with van der Waals surface area (Å²) in [7, 11) is 0. The van der Waals surface area contributed by atoms with Gasteiger partial charge in [0.2, 0.25) is 0 Å². The summed E-state index contributed by atoms with van der Waals surface area (Å²) in [5.74, 6) is 0. The summed E-state index contributed by atoms with van der Waals surface area (Å²) >= 11 is 5.26. The smallest absolute Gasteiger partial charge is 0.0222 e. The van der Waals surface area contributed by atoms with Crippen molar-refractivity contribution in [2.45, 2.75) is 25.4 Å². The SMILES string of the molecule is Brc1ccc(-c2cscc2CNC2CC2)cc1. The molecule has 1 aromatic heterocycles. The molecule has 0 amide bonds. The lowest BCUT2D eigenvalue weighted by Gasteiger charge is -2.05. The van der Waals surface area contributed by atoms with E-state index in [4.69, 9.17) is 0 Å². The van der Waals surface area contributed by atoms with E-state index in [2.05, 4.69) is 56.3 Å². The molecule has 0 radical (unpaired) electrons. The highest BCUT2D eigenvalue weighted by molar-refractivity contribution is 9.10. The van der Waals surface area contributed by atoms with Gasteiger partial charge < -0.3 is 5.32 Å². The summed E-state index contributed by atoms with van der Waals surface area (Å²) in [5, 5.41) is 8.08. The quantitative estimate of drug-likeness (QED) is 0.881. The molecule has 0 spiro atoms. The number of thiophene rings is 1. The van der Waals surface area contributed by atoms with Crippen molar-refractivity contribution in [3.8, 4) is 11.1 Å². The lowest BCUT2D eigenvalue weighted by atomic mass is 10.1. The van der Waals surface area contributed by atoms with Crippen LogP contribution in [0.4, 0.5) is 0 Å². The molecule has 1 heterocycles. The van der Waals surface area contributed by atoms with Crippen molar-refractivity contribution in [3.63, 3.8) is 0 Å². The van der Waals surface area contributed by atoms with Gasteiger partial charge in [-0.15, -0.1) is 0 Å². The van der Waals surface area contributed by atoms with Gasteiger partial charge in [-0.25, -0.2) is 0 Å². The molecular formula is C14H14BrNS. The Morgan fingerprint density at radius 2 is 1.94 bits per heavy atom. The van der Waals surface area contributed by atoms with Gasteiger partial charge in [-0.05, 0) is 52.4 Å². The summed E-state index contributed by atoms with van der Waals surface area (Å²) < 4.78 is 1.13. The van der Waals surface area contributed by atoms with Gasteiger partial charge in [0.25, 0.3) is 0 Å². The molecular weight excluding hydrogens is 294 g/mol. The van der Waals surface area contributed by atoms with Gasteiger partial charge in [0.1, 0.15) is 0 Å². The molecule has 88 valence electrons. The highest BCUT2D eigenvalue weighted by Gasteiger charge is 2.20. The van der Waals surface area contributed by atoms with Crippen LogP contribution in [0.2, 0.25) is 0 Å². The van der Waals surface area contributed by atoms with Crippen molar-refractivity contribution < 1.29 is 0 Å². The van der Waals surface area contributed by atoms with Crippen molar-refractivity contribution in [3.05, 3.63) is 45.1 Å². The largest absolute Gasteiger partial charge is 0.310 e. The van der Waals surface area contributed by atoms with E-state index in [-0.39, 0.29) is 0 Å². The summed E-state index contributed by atoms with van der Waals surface area (Å²) in [6, 6.07) is 9.32. The van der Waals surface area contributed by atoms with Crippen LogP contribution in [-0.4, -0.2) is 6.04 Å². The average Bonchev–Trinajstić information content (AvgIpc) is 3.06. The molecule has 1 aromatic carbocycles. The standard InChI is InChI=1S/C14H14BrNS/c15-12-3-1-10(2-4-12)14-9-17-8-11(14)7-16-13-5-6-13/h1-4,8-9,13,16H,5-7H2. The second-order valence-electron chi connectivity index (χ2n) is 4.47. The first-order valence-corrected chi connectivity index (χ1v) is 7.61. The van der Waals surface area contributed by atoms with Gasteiger partial charge in [-0.1, -0.05) is 28.1 Å². The molecule has 1 aliphatic carbocycles. The highest BCUT2D eigenvalue weighted by Crippen LogP contribution is 2.29. The minimum atomic E-state index is 0.771. The zero-order valence-corrected chi connectivity index (χ0v) is 11.9. The van der Waals surface area contributed by atoms with Crippen LogP contribution >= 0.6 is 27.3 Å². The van der Waals surface area contributed by atoms with Crippen LogP contribution in [-0.2, 0) is 6.54 Å². The molecule has 1 aliphatic rings. The molecule has 1 saturated carbocycles. The second-order valence-corrected chi connectivity index (χ2v) is 6.13. The molecule has 17 heavy (non-hydrogen) atoms. The number of hydrogen-bond acceptors (Lipinski definition) is 2. The Labute approximate surface area is 114 Å². The van der Waals surface area contributed by atoms with Crippen molar-refractivity contribution in [1.29, 1.82) is 0 Å². The summed E-state index contributed by atoms with van der Waals surface area (Å²) in [6.45, 7) is 1.000. The number of rotatable bonds is 4. The fourth-order valence-electron chi connectivity index (χ4n) is 1.88. The van der Waals surface area contributed by atoms with E-state index < -0.39 is 0 Å². The zero-order chi connectivity index (χ0) is 11.7. The Kier molecular flexibility index (Phi) is 3.32. The Bertz CT molecular complexity index is 499. The molecule has 0 aliphatic heterocycles. The van der Waals surface area contributed by atoms with Gasteiger partial charge in [0, 0.05) is 17.1 Å². The molecule has 1 fully saturated rings. The fourth-order valence-corrected chi connectivity index (χ4v) is 3.02. The molecule has 2 aromatic rings. The molecule has 0 atom stereocenters. The van der Waals surface area contributed by atoms with Crippen LogP contribution in [0.5, 0.6) is 0 Å². The Balaban J connectivity index is 1.81. The highest BCUT2D eigenvalue weighted by atomic mass is 79.9. The first-order chi connectivity index (χ1) is 8.33. The molecule has 0 bridgehead atoms. The minimum Gasteiger partial charge on any atom is -0.310 e. The third-order valence-corrected chi connectivity index (χ3v) is 4.38. The van der Waals surface area contributed by atoms with Crippen LogP contribution in [0.3, 0.4) is 0 Å². The van der Waals surface area contributed by atoms with E-state index in [1.807, 2.05) is 0 Å². The maximum Gasteiger partial charge on any atom is 0.0222 e. The number of hydrogen-bond donors (Lipinski definition) is 1. The summed E-state index contributed by atoms with van der Waals surface area (Å²) in [4.78, 5) is 0. The Morgan fingerprint density at radius 3 is 2.65 bits per heavy atom. The van der Waals surface area contributed by atoms with Gasteiger partial charge in [-0.2, -0.15) is 11.3 Å². The number of benzene rings is 1. The van der Waals surface area contributed by atoms with Crippen LogP contribution in [0.15, 0.2) is 39.5 Å². The molecule has 3 heteroatoms. The van der Waals surface area contributed by atoms with E-state index in [0.717, 1.165) is 17.1 Å². The van der Waals surface area contributed by atoms with E-state index >= 15 is 0 Å². The normalized spacial score (nSPS) is 15.1. The second kappa shape index (κ2) is 4.92.